The molecule has 106 valence electrons. The molecule has 0 radical (unpaired) electrons. The van der Waals surface area contributed by atoms with Crippen LogP contribution in [0.1, 0.15) is 37.8 Å². The number of hydrogen-bond acceptors (Lipinski definition) is 3. The zero-order valence-corrected chi connectivity index (χ0v) is 11.3. The number of nitrogens with zero attached hydrogens (tertiary/aromatic N) is 3. The third-order valence-corrected chi connectivity index (χ3v) is 4.98. The second kappa shape index (κ2) is 4.33. The fraction of sp³-hybridized carbons (Fsp3) is 0.643. The Hall–Kier alpha value is -1.85. The van der Waals surface area contributed by atoms with E-state index in [0.29, 0.717) is 12.5 Å². The fourth-order valence-electron chi connectivity index (χ4n) is 4.06. The molecule has 3 amide bonds. The Bertz CT molecular complexity index is 541. The van der Waals surface area contributed by atoms with Gasteiger partial charge in [0.25, 0.3) is 5.91 Å². The predicted molar refractivity (Wildman–Crippen MR) is 70.5 cm³/mol. The van der Waals surface area contributed by atoms with Crippen molar-refractivity contribution >= 4 is 11.9 Å². The first kappa shape index (κ1) is 11.9. The summed E-state index contributed by atoms with van der Waals surface area (Å²) < 4.78 is 0. The van der Waals surface area contributed by atoms with Crippen molar-refractivity contribution in [2.24, 2.45) is 5.92 Å². The number of nitrogens with one attached hydrogen (secondary N) is 1. The Morgan fingerprint density at radius 1 is 1.30 bits per heavy atom. The number of amides is 3. The molecular weight excluding hydrogens is 256 g/mol. The molecule has 6 heteroatoms. The molecule has 2 saturated heterocycles. The van der Waals surface area contributed by atoms with E-state index in [1.807, 2.05) is 4.90 Å². The van der Waals surface area contributed by atoms with E-state index in [-0.39, 0.29) is 24.0 Å². The summed E-state index contributed by atoms with van der Waals surface area (Å²) >= 11 is 0. The quantitative estimate of drug-likeness (QED) is 0.831. The fourth-order valence-corrected chi connectivity index (χ4v) is 4.06. The second-order valence-corrected chi connectivity index (χ2v) is 6.06. The summed E-state index contributed by atoms with van der Waals surface area (Å²) in [5, 5.41) is 6.68. The van der Waals surface area contributed by atoms with Gasteiger partial charge in [-0.15, -0.1) is 0 Å². The van der Waals surface area contributed by atoms with Gasteiger partial charge in [-0.3, -0.25) is 14.8 Å². The second-order valence-electron chi connectivity index (χ2n) is 6.06. The summed E-state index contributed by atoms with van der Waals surface area (Å²) in [4.78, 5) is 28.3. The van der Waals surface area contributed by atoms with Crippen LogP contribution in [-0.2, 0) is 11.3 Å². The van der Waals surface area contributed by atoms with E-state index in [1.54, 1.807) is 12.3 Å². The maximum atomic E-state index is 12.6. The van der Waals surface area contributed by atoms with Gasteiger partial charge in [0.2, 0.25) is 0 Å². The molecule has 0 bridgehead atoms. The van der Waals surface area contributed by atoms with Gasteiger partial charge in [-0.05, 0) is 31.2 Å². The van der Waals surface area contributed by atoms with Gasteiger partial charge >= 0.3 is 6.03 Å². The summed E-state index contributed by atoms with van der Waals surface area (Å²) in [5.74, 6) is 0.509. The van der Waals surface area contributed by atoms with Gasteiger partial charge in [0, 0.05) is 12.2 Å². The van der Waals surface area contributed by atoms with E-state index in [9.17, 15) is 9.59 Å². The highest BCUT2D eigenvalue weighted by Crippen LogP contribution is 2.43. The minimum absolute atomic E-state index is 0.0287. The monoisotopic (exact) mass is 274 g/mol. The van der Waals surface area contributed by atoms with Crippen molar-refractivity contribution < 1.29 is 9.59 Å². The molecule has 3 aliphatic rings. The van der Waals surface area contributed by atoms with E-state index in [0.717, 1.165) is 18.5 Å². The summed E-state index contributed by atoms with van der Waals surface area (Å²) in [6.45, 7) is 0.308. The molecule has 1 aliphatic carbocycles. The number of fused-ring (bicyclic) bond motifs is 3. The standard InChI is InChI=1S/C14H18N4O2/c19-13-12-7-9-3-1-2-4-11(9)18(12)14(20)17(13)8-10-5-6-15-16-10/h5-6,9,11-12H,1-4,7-8H2,(H,15,16)/t9-,11-,12-/m0/s1. The van der Waals surface area contributed by atoms with E-state index in [2.05, 4.69) is 10.2 Å². The Morgan fingerprint density at radius 2 is 2.15 bits per heavy atom. The van der Waals surface area contributed by atoms with Gasteiger partial charge in [-0.1, -0.05) is 12.8 Å². The minimum atomic E-state index is -0.210. The van der Waals surface area contributed by atoms with Crippen LogP contribution in [0.25, 0.3) is 0 Å². The van der Waals surface area contributed by atoms with E-state index >= 15 is 0 Å². The lowest BCUT2D eigenvalue weighted by Gasteiger charge is -2.30. The maximum absolute atomic E-state index is 12.6. The molecule has 3 fully saturated rings. The first-order valence-electron chi connectivity index (χ1n) is 7.37. The predicted octanol–water partition coefficient (Wildman–Crippen LogP) is 1.50. The van der Waals surface area contributed by atoms with Crippen molar-refractivity contribution in [2.45, 2.75) is 50.7 Å². The summed E-state index contributed by atoms with van der Waals surface area (Å²) in [6.07, 6.45) is 7.12. The molecule has 1 aromatic rings. The van der Waals surface area contributed by atoms with Crippen LogP contribution in [0, 0.1) is 5.92 Å². The van der Waals surface area contributed by atoms with E-state index in [1.165, 1.54) is 24.2 Å². The van der Waals surface area contributed by atoms with Gasteiger partial charge in [0.05, 0.1) is 12.2 Å². The molecule has 1 N–H and O–H groups in total. The average Bonchev–Trinajstić information content (AvgIpc) is 3.14. The van der Waals surface area contributed by atoms with Crippen LogP contribution < -0.4 is 0 Å². The number of aromatic amines is 1. The van der Waals surface area contributed by atoms with Crippen molar-refractivity contribution in [3.05, 3.63) is 18.0 Å². The molecule has 2 aliphatic heterocycles. The summed E-state index contributed by atoms with van der Waals surface area (Å²) in [7, 11) is 0. The summed E-state index contributed by atoms with van der Waals surface area (Å²) in [6, 6.07) is 1.77. The van der Waals surface area contributed by atoms with Crippen molar-refractivity contribution in [1.29, 1.82) is 0 Å². The van der Waals surface area contributed by atoms with Crippen molar-refractivity contribution in [1.82, 2.24) is 20.0 Å². The average molecular weight is 274 g/mol. The zero-order chi connectivity index (χ0) is 13.7. The number of aromatic nitrogens is 2. The maximum Gasteiger partial charge on any atom is 0.328 e. The molecule has 4 rings (SSSR count). The first-order chi connectivity index (χ1) is 9.75. The Balaban J connectivity index is 1.58. The zero-order valence-electron chi connectivity index (χ0n) is 11.3. The van der Waals surface area contributed by atoms with Crippen LogP contribution in [0.5, 0.6) is 0 Å². The van der Waals surface area contributed by atoms with E-state index in [4.69, 9.17) is 0 Å². The number of H-pyrrole nitrogens is 1. The molecule has 1 saturated carbocycles. The molecule has 0 spiro atoms. The molecule has 1 aromatic heterocycles. The highest BCUT2D eigenvalue weighted by molar-refractivity contribution is 6.04. The number of rotatable bonds is 2. The molecule has 0 unspecified atom stereocenters. The van der Waals surface area contributed by atoms with Crippen molar-refractivity contribution in [3.8, 4) is 0 Å². The molecule has 3 heterocycles. The van der Waals surface area contributed by atoms with Crippen LogP contribution in [0.3, 0.4) is 0 Å². The Kier molecular flexibility index (Phi) is 2.58. The number of imide groups is 1. The highest BCUT2D eigenvalue weighted by Gasteiger charge is 2.55. The topological polar surface area (TPSA) is 69.3 Å². The number of carbonyl (C=O) groups is 2. The highest BCUT2D eigenvalue weighted by atomic mass is 16.2. The molecular formula is C14H18N4O2. The number of urea groups is 1. The third-order valence-electron chi connectivity index (χ3n) is 4.98. The number of carbonyl (C=O) groups excluding carboxylic acids is 2. The number of hydrogen-bond donors (Lipinski definition) is 1. The van der Waals surface area contributed by atoms with E-state index < -0.39 is 0 Å². The Morgan fingerprint density at radius 3 is 2.95 bits per heavy atom. The van der Waals surface area contributed by atoms with Crippen LogP contribution in [0.2, 0.25) is 0 Å². The Labute approximate surface area is 117 Å². The van der Waals surface area contributed by atoms with Crippen LogP contribution in [-0.4, -0.2) is 44.0 Å². The molecule has 0 aromatic carbocycles. The minimum Gasteiger partial charge on any atom is -0.309 e. The van der Waals surface area contributed by atoms with Gasteiger partial charge in [-0.2, -0.15) is 5.10 Å². The lowest BCUT2D eigenvalue weighted by Crippen LogP contribution is -2.41. The normalized spacial score (nSPS) is 32.7. The molecule has 6 nitrogen and oxygen atoms in total. The smallest absolute Gasteiger partial charge is 0.309 e. The van der Waals surface area contributed by atoms with Crippen LogP contribution in [0.15, 0.2) is 12.3 Å². The third kappa shape index (κ3) is 1.60. The van der Waals surface area contributed by atoms with Gasteiger partial charge < -0.3 is 4.90 Å². The first-order valence-corrected chi connectivity index (χ1v) is 7.37. The lowest BCUT2D eigenvalue weighted by atomic mass is 9.84. The lowest BCUT2D eigenvalue weighted by molar-refractivity contribution is -0.128. The SMILES string of the molecule is O=C1[C@@H]2C[C@@H]3CCCC[C@@H]3N2C(=O)N1Cc1ccn[nH]1. The van der Waals surface area contributed by atoms with Gasteiger partial charge in [-0.25, -0.2) is 4.79 Å². The van der Waals surface area contributed by atoms with Crippen molar-refractivity contribution in [3.63, 3.8) is 0 Å². The molecule has 3 atom stereocenters. The molecule has 20 heavy (non-hydrogen) atoms. The van der Waals surface area contributed by atoms with Crippen LogP contribution in [0.4, 0.5) is 4.79 Å². The van der Waals surface area contributed by atoms with Crippen molar-refractivity contribution in [2.75, 3.05) is 0 Å². The van der Waals surface area contributed by atoms with Gasteiger partial charge in [0.1, 0.15) is 6.04 Å². The van der Waals surface area contributed by atoms with Crippen LogP contribution >= 0.6 is 0 Å². The largest absolute Gasteiger partial charge is 0.328 e. The summed E-state index contributed by atoms with van der Waals surface area (Å²) in [5.41, 5.74) is 0.799. The van der Waals surface area contributed by atoms with Gasteiger partial charge in [0.15, 0.2) is 0 Å².